The van der Waals surface area contributed by atoms with E-state index in [2.05, 4.69) is 40.6 Å². The number of rotatable bonds is 4. The van der Waals surface area contributed by atoms with Crippen LogP contribution in [0.1, 0.15) is 52.8 Å². The van der Waals surface area contributed by atoms with E-state index in [1.54, 1.807) is 12.3 Å². The molecular weight excluding hydrogens is 276 g/mol. The minimum absolute atomic E-state index is 0.145. The molecule has 1 aromatic rings. The predicted molar refractivity (Wildman–Crippen MR) is 90.3 cm³/mol. The second kappa shape index (κ2) is 8.32. The van der Waals surface area contributed by atoms with Crippen LogP contribution in [0.4, 0.5) is 11.5 Å². The Morgan fingerprint density at radius 3 is 2.45 bits per heavy atom. The first-order valence-corrected chi connectivity index (χ1v) is 7.80. The van der Waals surface area contributed by atoms with Gasteiger partial charge in [-0.1, -0.05) is 20.8 Å². The van der Waals surface area contributed by atoms with Crippen LogP contribution in [0.25, 0.3) is 0 Å². The predicted octanol–water partition coefficient (Wildman–Crippen LogP) is 3.09. The highest BCUT2D eigenvalue weighted by Crippen LogP contribution is 2.35. The Kier molecular flexibility index (Phi) is 6.77. The van der Waals surface area contributed by atoms with Crippen LogP contribution >= 0.6 is 0 Å². The molecule has 1 aromatic heterocycles. The maximum atomic E-state index is 7.32. The fraction of sp³-hybridized carbons (Fsp3) is 0.625. The van der Waals surface area contributed by atoms with Crippen molar-refractivity contribution in [2.45, 2.75) is 66.0 Å². The maximum Gasteiger partial charge on any atom is 0.159 e. The molecule has 1 aliphatic rings. The third-order valence-corrected chi connectivity index (χ3v) is 3.76. The smallest absolute Gasteiger partial charge is 0.159 e. The number of nitrogens with two attached hydrogens (primary N) is 1. The fourth-order valence-electron chi connectivity index (χ4n) is 2.74. The first kappa shape index (κ1) is 17.9. The zero-order chi connectivity index (χ0) is 16.7. The van der Waals surface area contributed by atoms with Gasteiger partial charge in [-0.15, -0.1) is 0 Å². The summed E-state index contributed by atoms with van der Waals surface area (Å²) in [7, 11) is 0. The lowest BCUT2D eigenvalue weighted by atomic mass is 10.0. The van der Waals surface area contributed by atoms with Crippen LogP contribution in [-0.4, -0.2) is 27.9 Å². The molecule has 0 saturated heterocycles. The Bertz CT molecular complexity index is 556. The molecule has 2 rings (SSSR count). The van der Waals surface area contributed by atoms with Crippen LogP contribution in [-0.2, 0) is 0 Å². The van der Waals surface area contributed by atoms with Crippen LogP contribution < -0.4 is 10.6 Å². The summed E-state index contributed by atoms with van der Waals surface area (Å²) in [6, 6.07) is 2.33. The van der Waals surface area contributed by atoms with Gasteiger partial charge in [0, 0.05) is 13.0 Å². The van der Waals surface area contributed by atoms with Gasteiger partial charge < -0.3 is 10.6 Å². The highest BCUT2D eigenvalue weighted by Gasteiger charge is 2.32. The largest absolute Gasteiger partial charge is 0.385 e. The van der Waals surface area contributed by atoms with Gasteiger partial charge in [0.05, 0.1) is 18.3 Å². The standard InChI is InChI=1S/C14H23N5.C2H3N/c1-5-10(6-2)19-12(7-3)13(15)18-11-8-16-9(4)17-14(11)19;1-2-3/h8,10,12H,5-7H2,1-4H3,(H2,15,18);1H3/t12-;/m1./s1. The number of nitrogens with zero attached hydrogens (tertiary/aromatic N) is 5. The molecular formula is C16H26N6. The summed E-state index contributed by atoms with van der Waals surface area (Å²) in [4.78, 5) is 15.6. The highest BCUT2D eigenvalue weighted by molar-refractivity contribution is 5.95. The first-order chi connectivity index (χ1) is 10.5. The number of nitriles is 1. The number of aliphatic imine (C=N–C) groups is 1. The van der Waals surface area contributed by atoms with Gasteiger partial charge in [0.1, 0.15) is 17.3 Å². The molecule has 0 unspecified atom stereocenters. The Labute approximate surface area is 133 Å². The third kappa shape index (κ3) is 3.73. The summed E-state index contributed by atoms with van der Waals surface area (Å²) >= 11 is 0. The quantitative estimate of drug-likeness (QED) is 0.922. The zero-order valence-corrected chi connectivity index (χ0v) is 14.2. The molecule has 1 aliphatic heterocycles. The molecule has 2 N–H and O–H groups in total. The molecule has 120 valence electrons. The van der Waals surface area contributed by atoms with Crippen molar-refractivity contribution in [3.63, 3.8) is 0 Å². The van der Waals surface area contributed by atoms with E-state index in [9.17, 15) is 0 Å². The molecule has 0 saturated carbocycles. The molecule has 1 atom stereocenters. The van der Waals surface area contributed by atoms with Crippen LogP contribution in [0.15, 0.2) is 11.2 Å². The van der Waals surface area contributed by atoms with Gasteiger partial charge in [-0.25, -0.2) is 15.0 Å². The van der Waals surface area contributed by atoms with Crippen molar-refractivity contribution >= 4 is 17.3 Å². The van der Waals surface area contributed by atoms with Crippen molar-refractivity contribution in [1.82, 2.24) is 9.97 Å². The van der Waals surface area contributed by atoms with Gasteiger partial charge in [-0.3, -0.25) is 0 Å². The average Bonchev–Trinajstić information content (AvgIpc) is 2.50. The maximum absolute atomic E-state index is 7.32. The normalized spacial score (nSPS) is 16.3. The van der Waals surface area contributed by atoms with Crippen LogP contribution in [0, 0.1) is 18.3 Å². The van der Waals surface area contributed by atoms with Crippen LogP contribution in [0.3, 0.4) is 0 Å². The van der Waals surface area contributed by atoms with Crippen LogP contribution in [0.2, 0.25) is 0 Å². The van der Waals surface area contributed by atoms with Crippen molar-refractivity contribution < 1.29 is 0 Å². The summed E-state index contributed by atoms with van der Waals surface area (Å²) in [5, 5.41) is 7.32. The highest BCUT2D eigenvalue weighted by atomic mass is 15.3. The Morgan fingerprint density at radius 1 is 1.36 bits per heavy atom. The second-order valence-corrected chi connectivity index (χ2v) is 5.19. The van der Waals surface area contributed by atoms with E-state index in [1.165, 1.54) is 6.92 Å². The summed E-state index contributed by atoms with van der Waals surface area (Å²) in [5.41, 5.74) is 6.92. The van der Waals surface area contributed by atoms with E-state index >= 15 is 0 Å². The molecule has 2 heterocycles. The average molecular weight is 302 g/mol. The van der Waals surface area contributed by atoms with Crippen molar-refractivity contribution in [1.29, 1.82) is 5.26 Å². The van der Waals surface area contributed by atoms with E-state index in [4.69, 9.17) is 11.0 Å². The number of aromatic nitrogens is 2. The number of anilines is 1. The Balaban J connectivity index is 0.000000745. The fourth-order valence-corrected chi connectivity index (χ4v) is 2.74. The number of aryl methyl sites for hydroxylation is 1. The lowest BCUT2D eigenvalue weighted by Crippen LogP contribution is -2.51. The summed E-state index contributed by atoms with van der Waals surface area (Å²) < 4.78 is 0. The monoisotopic (exact) mass is 302 g/mol. The van der Waals surface area contributed by atoms with Crippen molar-refractivity contribution in [2.24, 2.45) is 10.7 Å². The molecule has 0 spiro atoms. The molecule has 0 aliphatic carbocycles. The van der Waals surface area contributed by atoms with Crippen molar-refractivity contribution in [3.05, 3.63) is 12.0 Å². The van der Waals surface area contributed by atoms with Crippen molar-refractivity contribution in [3.8, 4) is 6.07 Å². The lowest BCUT2D eigenvalue weighted by Gasteiger charge is -2.40. The van der Waals surface area contributed by atoms with E-state index in [0.29, 0.717) is 11.9 Å². The van der Waals surface area contributed by atoms with Gasteiger partial charge in [0.25, 0.3) is 0 Å². The summed E-state index contributed by atoms with van der Waals surface area (Å²) in [6.45, 7) is 9.89. The molecule has 0 amide bonds. The number of hydrogen-bond donors (Lipinski definition) is 1. The Hall–Kier alpha value is -2.16. The third-order valence-electron chi connectivity index (χ3n) is 3.76. The van der Waals surface area contributed by atoms with Gasteiger partial charge in [0.2, 0.25) is 0 Å². The molecule has 22 heavy (non-hydrogen) atoms. The van der Waals surface area contributed by atoms with E-state index < -0.39 is 0 Å². The minimum atomic E-state index is 0.145. The topological polar surface area (TPSA) is 91.2 Å². The number of fused-ring (bicyclic) bond motifs is 1. The SMILES string of the molecule is CC#N.CCC(CC)N1c2nc(C)ncc2N=C(N)[C@H]1CC. The van der Waals surface area contributed by atoms with Crippen molar-refractivity contribution in [2.75, 3.05) is 4.90 Å². The molecule has 6 heteroatoms. The molecule has 0 radical (unpaired) electrons. The van der Waals surface area contributed by atoms with Gasteiger partial charge in [-0.05, 0) is 26.2 Å². The molecule has 0 aromatic carbocycles. The van der Waals surface area contributed by atoms with Crippen LogP contribution in [0.5, 0.6) is 0 Å². The van der Waals surface area contributed by atoms with E-state index in [0.717, 1.165) is 36.6 Å². The van der Waals surface area contributed by atoms with E-state index in [-0.39, 0.29) is 6.04 Å². The number of amidine groups is 1. The second-order valence-electron chi connectivity index (χ2n) is 5.19. The molecule has 6 nitrogen and oxygen atoms in total. The molecule has 0 fully saturated rings. The Morgan fingerprint density at radius 2 is 1.95 bits per heavy atom. The van der Waals surface area contributed by atoms with Gasteiger partial charge in [0.15, 0.2) is 5.82 Å². The molecule has 0 bridgehead atoms. The zero-order valence-electron chi connectivity index (χ0n) is 14.2. The first-order valence-electron chi connectivity index (χ1n) is 7.80. The lowest BCUT2D eigenvalue weighted by molar-refractivity contribution is 0.514. The van der Waals surface area contributed by atoms with Gasteiger partial charge >= 0.3 is 0 Å². The minimum Gasteiger partial charge on any atom is -0.385 e. The summed E-state index contributed by atoms with van der Waals surface area (Å²) in [5.74, 6) is 2.39. The summed E-state index contributed by atoms with van der Waals surface area (Å²) in [6.07, 6.45) is 4.85. The van der Waals surface area contributed by atoms with Gasteiger partial charge in [-0.2, -0.15) is 5.26 Å². The van der Waals surface area contributed by atoms with E-state index in [1.807, 2.05) is 6.92 Å². The number of hydrogen-bond acceptors (Lipinski definition) is 6.